The highest BCUT2D eigenvalue weighted by atomic mass is 32.2. The van der Waals surface area contributed by atoms with Gasteiger partial charge in [0.1, 0.15) is 9.84 Å². The smallest absolute Gasteiger partial charge is 0.303 e. The number of carboxylic acids is 3. The van der Waals surface area contributed by atoms with Gasteiger partial charge in [-0.15, -0.1) is 0 Å². The molecule has 0 aliphatic heterocycles. The van der Waals surface area contributed by atoms with Crippen molar-refractivity contribution < 1.29 is 63.0 Å². The molecule has 1 unspecified atom stereocenters. The van der Waals surface area contributed by atoms with E-state index >= 15 is 0 Å². The molecule has 0 saturated carbocycles. The van der Waals surface area contributed by atoms with Crippen LogP contribution >= 0.6 is 0 Å². The molecule has 0 spiro atoms. The molecule has 0 bridgehead atoms. The van der Waals surface area contributed by atoms with Crippen molar-refractivity contribution in [2.75, 3.05) is 53.0 Å². The number of aliphatic carboxylic acids is 3. The van der Waals surface area contributed by atoms with Gasteiger partial charge in [0.2, 0.25) is 5.91 Å². The van der Waals surface area contributed by atoms with Gasteiger partial charge in [-0.3, -0.25) is 19.2 Å². The fourth-order valence-electron chi connectivity index (χ4n) is 2.09. The minimum atomic E-state index is -2.67. The Kier molecular flexibility index (Phi) is 77.7. The molecule has 0 radical (unpaired) electrons. The number of rotatable bonds is 17. The number of carboxylic acid groups (broad SMARTS) is 3. The largest absolute Gasteiger partial charge is 0.481 e. The minimum absolute atomic E-state index is 0.115. The van der Waals surface area contributed by atoms with Crippen molar-refractivity contribution in [1.82, 2.24) is 4.90 Å². The SMILES string of the molecule is CCC(=O)N(C)C.CCC(O)CO.CCCC(=O)O.CCCCC(=O)O.CCCCCC(=O)O.CCCO.CCCOC.CCCS(C)(=O)=O. The second-order valence-electron chi connectivity index (χ2n) is 10.7. The van der Waals surface area contributed by atoms with Gasteiger partial charge in [0.05, 0.1) is 12.7 Å². The Balaban J connectivity index is -0.0000000677. The molecule has 6 N–H and O–H groups in total. The normalized spacial score (nSPS) is 9.66. The molecule has 0 aliphatic carbocycles. The van der Waals surface area contributed by atoms with E-state index in [2.05, 4.69) is 13.8 Å². The average molecular weight is 754 g/mol. The monoisotopic (exact) mass is 754 g/mol. The number of carbonyl (C=O) groups excluding carboxylic acids is 1. The molecule has 1 atom stereocenters. The zero-order chi connectivity index (χ0) is 41.4. The Morgan fingerprint density at radius 1 is 0.660 bits per heavy atom. The predicted octanol–water partition coefficient (Wildman–Crippen LogP) is 5.89. The molecule has 14 nitrogen and oxygen atoms in total. The van der Waals surface area contributed by atoms with E-state index in [9.17, 15) is 27.6 Å². The van der Waals surface area contributed by atoms with Crippen LogP contribution in [0.3, 0.4) is 0 Å². The van der Waals surface area contributed by atoms with Gasteiger partial charge < -0.3 is 40.3 Å². The first-order valence-electron chi connectivity index (χ1n) is 17.6. The van der Waals surface area contributed by atoms with Crippen molar-refractivity contribution in [3.8, 4) is 0 Å². The van der Waals surface area contributed by atoms with Crippen molar-refractivity contribution in [3.05, 3.63) is 0 Å². The van der Waals surface area contributed by atoms with Gasteiger partial charge in [-0.2, -0.15) is 0 Å². The molecule has 308 valence electrons. The quantitative estimate of drug-likeness (QED) is 0.0952. The maximum absolute atomic E-state index is 10.4. The molecule has 15 heteroatoms. The third-order valence-corrected chi connectivity index (χ3v) is 6.04. The molecule has 0 aromatic carbocycles. The van der Waals surface area contributed by atoms with E-state index in [1.165, 1.54) is 6.26 Å². The fraction of sp³-hybridized carbons (Fsp3) is 0.886. The summed E-state index contributed by atoms with van der Waals surface area (Å²) < 4.78 is 25.2. The van der Waals surface area contributed by atoms with Gasteiger partial charge in [0.25, 0.3) is 0 Å². The third kappa shape index (κ3) is 128. The van der Waals surface area contributed by atoms with Gasteiger partial charge in [0, 0.05) is 72.1 Å². The molecule has 0 fully saturated rings. The first-order chi connectivity index (χ1) is 23.2. The number of carbonyl (C=O) groups is 4. The molecule has 0 aliphatic rings. The summed E-state index contributed by atoms with van der Waals surface area (Å²) in [5.74, 6) is -1.59. The number of methoxy groups -OCH3 is 1. The molecular formula is C35H79NO13S. The van der Waals surface area contributed by atoms with Crippen LogP contribution < -0.4 is 0 Å². The molecule has 0 heterocycles. The lowest BCUT2D eigenvalue weighted by atomic mass is 10.2. The van der Waals surface area contributed by atoms with Crippen LogP contribution in [0.5, 0.6) is 0 Å². The Bertz CT molecular complexity index is 771. The van der Waals surface area contributed by atoms with Crippen molar-refractivity contribution in [3.63, 3.8) is 0 Å². The fourth-order valence-corrected chi connectivity index (χ4v) is 2.83. The zero-order valence-corrected chi connectivity index (χ0v) is 34.5. The van der Waals surface area contributed by atoms with Gasteiger partial charge >= 0.3 is 17.9 Å². The highest BCUT2D eigenvalue weighted by Crippen LogP contribution is 1.97. The molecule has 1 amide bonds. The lowest BCUT2D eigenvalue weighted by molar-refractivity contribution is -0.138. The molecule has 0 aromatic heterocycles. The van der Waals surface area contributed by atoms with Gasteiger partial charge in [-0.05, 0) is 44.9 Å². The summed E-state index contributed by atoms with van der Waals surface area (Å²) in [5, 5.41) is 48.5. The Hall–Kier alpha value is -2.33. The second-order valence-corrected chi connectivity index (χ2v) is 13.0. The van der Waals surface area contributed by atoms with Gasteiger partial charge in [-0.1, -0.05) is 74.7 Å². The summed E-state index contributed by atoms with van der Waals surface area (Å²) in [7, 11) is 2.55. The number of nitrogens with zero attached hydrogens (tertiary/aromatic N) is 1. The summed E-state index contributed by atoms with van der Waals surface area (Å²) in [5.41, 5.74) is 0. The highest BCUT2D eigenvalue weighted by Gasteiger charge is 1.96. The van der Waals surface area contributed by atoms with Crippen LogP contribution in [0.2, 0.25) is 0 Å². The number of hydrogen-bond donors (Lipinski definition) is 6. The van der Waals surface area contributed by atoms with Gasteiger partial charge in [-0.25, -0.2) is 8.42 Å². The third-order valence-electron chi connectivity index (χ3n) is 4.89. The van der Waals surface area contributed by atoms with Crippen molar-refractivity contribution in [2.24, 2.45) is 0 Å². The Labute approximate surface area is 305 Å². The van der Waals surface area contributed by atoms with E-state index in [-0.39, 0.29) is 12.5 Å². The summed E-state index contributed by atoms with van der Waals surface area (Å²) in [6.07, 6.45) is 11.1. The van der Waals surface area contributed by atoms with Crippen LogP contribution in [0.1, 0.15) is 145 Å². The first-order valence-corrected chi connectivity index (χ1v) is 19.7. The number of aliphatic hydroxyl groups is 3. The lowest BCUT2D eigenvalue weighted by Crippen LogP contribution is -2.19. The van der Waals surface area contributed by atoms with Gasteiger partial charge in [0.15, 0.2) is 0 Å². The van der Waals surface area contributed by atoms with E-state index in [4.69, 9.17) is 35.4 Å². The summed E-state index contributed by atoms with van der Waals surface area (Å²) in [4.78, 5) is 41.3. The van der Waals surface area contributed by atoms with Crippen LogP contribution in [0.4, 0.5) is 0 Å². The van der Waals surface area contributed by atoms with E-state index in [0.29, 0.717) is 44.5 Å². The van der Waals surface area contributed by atoms with Crippen LogP contribution in [0, 0.1) is 0 Å². The lowest BCUT2D eigenvalue weighted by Gasteiger charge is -2.05. The average Bonchev–Trinajstić information content (AvgIpc) is 3.04. The van der Waals surface area contributed by atoms with Crippen LogP contribution in [-0.2, 0) is 33.8 Å². The van der Waals surface area contributed by atoms with Crippen molar-refractivity contribution >= 4 is 33.7 Å². The van der Waals surface area contributed by atoms with E-state index < -0.39 is 33.8 Å². The number of hydrogen-bond acceptors (Lipinski definition) is 10. The standard InChI is InChI=1S/C6H12O2.C5H11NO.C5H10O2.C4H10O2S.C4H10O2.C4H8O2.C4H10O.C3H8O/c1-2-3-4-5-6(7)8;1-4-5(7)6(2)3;1-2-3-4-5(6)7;1-3-4-7(2,5)6;1-2-4(6)3-5;1-2-3-4(5)6;1-3-4-5-2;1-2-3-4/h2-5H2,1H3,(H,7,8);4H2,1-3H3;2-4H2,1H3,(H,6,7);3-4H2,1-2H3;4-6H,2-3H2,1H3;2-3H2,1H3,(H,5,6);3-4H2,1-2H3;4H,2-3H2,1H3. The number of ether oxygens (including phenoxy) is 1. The molecule has 0 rings (SSSR count). The van der Waals surface area contributed by atoms with Crippen molar-refractivity contribution in [1.29, 1.82) is 0 Å². The van der Waals surface area contributed by atoms with E-state index in [1.54, 1.807) is 26.1 Å². The van der Waals surface area contributed by atoms with E-state index in [1.807, 2.05) is 41.5 Å². The van der Waals surface area contributed by atoms with Crippen molar-refractivity contribution in [2.45, 2.75) is 151 Å². The van der Waals surface area contributed by atoms with Crippen LogP contribution in [0.25, 0.3) is 0 Å². The number of sulfone groups is 1. The molecule has 0 aromatic rings. The molecule has 0 saturated heterocycles. The summed E-state index contributed by atoms with van der Waals surface area (Å²) >= 11 is 0. The Morgan fingerprint density at radius 3 is 1.16 bits per heavy atom. The number of aliphatic hydroxyl groups excluding tert-OH is 3. The maximum Gasteiger partial charge on any atom is 0.303 e. The zero-order valence-electron chi connectivity index (χ0n) is 33.7. The Morgan fingerprint density at radius 2 is 1.08 bits per heavy atom. The number of amides is 1. The predicted molar refractivity (Wildman–Crippen MR) is 203 cm³/mol. The second kappa shape index (κ2) is 58.9. The summed E-state index contributed by atoms with van der Waals surface area (Å²) in [6, 6.07) is 0. The topological polar surface area (TPSA) is 236 Å². The minimum Gasteiger partial charge on any atom is -0.481 e. The highest BCUT2D eigenvalue weighted by molar-refractivity contribution is 7.90. The number of unbranched alkanes of at least 4 members (excludes halogenated alkanes) is 3. The molecular weight excluding hydrogens is 674 g/mol. The van der Waals surface area contributed by atoms with E-state index in [0.717, 1.165) is 64.4 Å². The first kappa shape index (κ1) is 66.0. The van der Waals surface area contributed by atoms with Crippen LogP contribution in [0.15, 0.2) is 0 Å². The molecule has 50 heavy (non-hydrogen) atoms. The van der Waals surface area contributed by atoms with Crippen LogP contribution in [-0.4, -0.2) is 127 Å². The summed E-state index contributed by atoms with van der Waals surface area (Å²) in [6.45, 7) is 16.5. The maximum atomic E-state index is 10.4.